The number of hydrogen-bond acceptors (Lipinski definition) is 5. The van der Waals surface area contributed by atoms with E-state index in [1.54, 1.807) is 18.2 Å². The van der Waals surface area contributed by atoms with Crippen molar-refractivity contribution >= 4 is 43.3 Å². The Morgan fingerprint density at radius 3 is 2.70 bits per heavy atom. The lowest BCUT2D eigenvalue weighted by Gasteiger charge is -2.26. The van der Waals surface area contributed by atoms with Gasteiger partial charge in [-0.05, 0) is 18.2 Å². The van der Waals surface area contributed by atoms with Crippen molar-refractivity contribution in [3.8, 4) is 5.75 Å². The Kier molecular flexibility index (Phi) is 6.70. The van der Waals surface area contributed by atoms with E-state index in [2.05, 4.69) is 21.2 Å². The van der Waals surface area contributed by atoms with E-state index in [1.165, 1.54) is 0 Å². The molecule has 1 aromatic rings. The Hall–Kier alpha value is -0.830. The van der Waals surface area contributed by atoms with E-state index in [-0.39, 0.29) is 24.0 Å². The molecule has 1 amide bonds. The summed E-state index contributed by atoms with van der Waals surface area (Å²) in [6, 6.07) is 5.16. The summed E-state index contributed by atoms with van der Waals surface area (Å²) in [6.45, 7) is 2.00. The molecule has 1 aromatic carbocycles. The van der Waals surface area contributed by atoms with Gasteiger partial charge >= 0.3 is 0 Å². The van der Waals surface area contributed by atoms with E-state index in [4.69, 9.17) is 16.3 Å². The zero-order valence-corrected chi connectivity index (χ0v) is 15.6. The third-order valence-electron chi connectivity index (χ3n) is 3.44. The van der Waals surface area contributed by atoms with Gasteiger partial charge in [0.05, 0.1) is 16.5 Å². The largest absolute Gasteiger partial charge is 0.482 e. The highest BCUT2D eigenvalue weighted by atomic mass is 79.9. The van der Waals surface area contributed by atoms with Crippen LogP contribution >= 0.6 is 27.5 Å². The first-order valence-electron chi connectivity index (χ1n) is 7.13. The van der Waals surface area contributed by atoms with Crippen LogP contribution in [0.1, 0.15) is 0 Å². The molecule has 0 radical (unpaired) electrons. The number of amides is 1. The average Bonchev–Trinajstić information content (AvgIpc) is 2.48. The molecule has 2 rings (SSSR count). The number of nitrogens with zero attached hydrogens (tertiary/aromatic N) is 1. The number of carbonyl (C=O) groups is 1. The Morgan fingerprint density at radius 1 is 1.35 bits per heavy atom. The Labute approximate surface area is 149 Å². The maximum absolute atomic E-state index is 11.7. The fourth-order valence-corrected chi connectivity index (χ4v) is 4.12. The molecule has 23 heavy (non-hydrogen) atoms. The summed E-state index contributed by atoms with van der Waals surface area (Å²) in [6.07, 6.45) is 0. The van der Waals surface area contributed by atoms with Gasteiger partial charge in [0.15, 0.2) is 16.4 Å². The van der Waals surface area contributed by atoms with Gasteiger partial charge in [-0.1, -0.05) is 27.5 Å². The number of nitrogens with one attached hydrogen (secondary N) is 1. The van der Waals surface area contributed by atoms with Gasteiger partial charge in [-0.25, -0.2) is 8.42 Å². The first kappa shape index (κ1) is 18.5. The second-order valence-corrected chi connectivity index (χ2v) is 8.83. The lowest BCUT2D eigenvalue weighted by Crippen LogP contribution is -2.44. The topological polar surface area (TPSA) is 75.7 Å². The van der Waals surface area contributed by atoms with Crippen LogP contribution in [0.2, 0.25) is 5.02 Å². The molecular weight excluding hydrogens is 408 g/mol. The van der Waals surface area contributed by atoms with Crippen molar-refractivity contribution in [2.24, 2.45) is 0 Å². The lowest BCUT2D eigenvalue weighted by molar-refractivity contribution is -0.123. The summed E-state index contributed by atoms with van der Waals surface area (Å²) in [4.78, 5) is 13.8. The number of hydrogen-bond donors (Lipinski definition) is 1. The maximum Gasteiger partial charge on any atom is 0.257 e. The quantitative estimate of drug-likeness (QED) is 0.744. The van der Waals surface area contributed by atoms with Crippen LogP contribution in [0.4, 0.5) is 0 Å². The number of benzene rings is 1. The number of sulfone groups is 1. The van der Waals surface area contributed by atoms with Gasteiger partial charge in [0.25, 0.3) is 5.91 Å². The molecule has 1 saturated heterocycles. The highest BCUT2D eigenvalue weighted by Crippen LogP contribution is 2.27. The van der Waals surface area contributed by atoms with Gasteiger partial charge in [-0.15, -0.1) is 0 Å². The summed E-state index contributed by atoms with van der Waals surface area (Å²) in [5.74, 6) is 0.581. The molecule has 1 fully saturated rings. The molecule has 0 saturated carbocycles. The van der Waals surface area contributed by atoms with E-state index in [9.17, 15) is 13.2 Å². The molecule has 1 aliphatic rings. The van der Waals surface area contributed by atoms with Crippen LogP contribution < -0.4 is 10.1 Å². The van der Waals surface area contributed by atoms with Gasteiger partial charge in [0.1, 0.15) is 5.75 Å². The molecule has 0 spiro atoms. The Balaban J connectivity index is 1.65. The lowest BCUT2D eigenvalue weighted by atomic mass is 10.3. The zero-order valence-electron chi connectivity index (χ0n) is 12.4. The molecule has 0 aliphatic carbocycles. The Bertz CT molecular complexity index is 655. The minimum Gasteiger partial charge on any atom is -0.482 e. The third kappa shape index (κ3) is 6.29. The summed E-state index contributed by atoms with van der Waals surface area (Å²) >= 11 is 9.29. The first-order valence-corrected chi connectivity index (χ1v) is 10.1. The van der Waals surface area contributed by atoms with Crippen LogP contribution in [-0.2, 0) is 14.6 Å². The monoisotopic (exact) mass is 424 g/mol. The molecule has 1 N–H and O–H groups in total. The van der Waals surface area contributed by atoms with Gasteiger partial charge in [-0.3, -0.25) is 9.69 Å². The molecule has 0 atom stereocenters. The fourth-order valence-electron chi connectivity index (χ4n) is 2.11. The summed E-state index contributed by atoms with van der Waals surface area (Å²) in [5.41, 5.74) is 0. The second-order valence-electron chi connectivity index (χ2n) is 5.21. The summed E-state index contributed by atoms with van der Waals surface area (Å²) in [7, 11) is -2.87. The van der Waals surface area contributed by atoms with Crippen LogP contribution in [0, 0.1) is 0 Å². The SMILES string of the molecule is O=C(COc1ccc(Br)cc1Cl)NCCN1CCS(=O)(=O)CC1. The number of carbonyl (C=O) groups excluding carboxylic acids is 1. The van der Waals surface area contributed by atoms with Crippen molar-refractivity contribution in [2.45, 2.75) is 0 Å². The van der Waals surface area contributed by atoms with Gasteiger partial charge in [0.2, 0.25) is 0 Å². The molecule has 6 nitrogen and oxygen atoms in total. The van der Waals surface area contributed by atoms with Crippen molar-refractivity contribution in [1.29, 1.82) is 0 Å². The first-order chi connectivity index (χ1) is 10.9. The van der Waals surface area contributed by atoms with Crippen LogP contribution in [0.5, 0.6) is 5.75 Å². The zero-order chi connectivity index (χ0) is 16.9. The maximum atomic E-state index is 11.7. The number of ether oxygens (including phenoxy) is 1. The van der Waals surface area contributed by atoms with E-state index >= 15 is 0 Å². The second kappa shape index (κ2) is 8.32. The molecule has 0 unspecified atom stereocenters. The summed E-state index contributed by atoms with van der Waals surface area (Å²) in [5, 5.41) is 3.18. The number of halogens is 2. The standard InChI is InChI=1S/C14H18BrClN2O4S/c15-11-1-2-13(12(16)9-11)22-10-14(19)17-3-4-18-5-7-23(20,21)8-6-18/h1-2,9H,3-8,10H2,(H,17,19). The van der Waals surface area contributed by atoms with Crippen LogP contribution in [0.3, 0.4) is 0 Å². The predicted octanol–water partition coefficient (Wildman–Crippen LogP) is 1.33. The molecule has 128 valence electrons. The Morgan fingerprint density at radius 2 is 2.04 bits per heavy atom. The fraction of sp³-hybridized carbons (Fsp3) is 0.500. The van der Waals surface area contributed by atoms with E-state index in [1.807, 2.05) is 4.90 Å². The normalized spacial score (nSPS) is 17.7. The minimum absolute atomic E-state index is 0.115. The van der Waals surface area contributed by atoms with E-state index in [0.29, 0.717) is 37.0 Å². The van der Waals surface area contributed by atoms with Gasteiger partial charge in [0, 0.05) is 30.7 Å². The van der Waals surface area contributed by atoms with Crippen LogP contribution in [0.25, 0.3) is 0 Å². The molecule has 1 heterocycles. The van der Waals surface area contributed by atoms with Crippen molar-refractivity contribution in [2.75, 3.05) is 44.3 Å². The van der Waals surface area contributed by atoms with Gasteiger partial charge in [-0.2, -0.15) is 0 Å². The van der Waals surface area contributed by atoms with E-state index in [0.717, 1.165) is 4.47 Å². The smallest absolute Gasteiger partial charge is 0.257 e. The third-order valence-corrected chi connectivity index (χ3v) is 5.84. The minimum atomic E-state index is -2.87. The average molecular weight is 426 g/mol. The highest BCUT2D eigenvalue weighted by molar-refractivity contribution is 9.10. The highest BCUT2D eigenvalue weighted by Gasteiger charge is 2.21. The summed E-state index contributed by atoms with van der Waals surface area (Å²) < 4.78 is 28.8. The van der Waals surface area contributed by atoms with Gasteiger partial charge < -0.3 is 10.1 Å². The predicted molar refractivity (Wildman–Crippen MR) is 92.8 cm³/mol. The van der Waals surface area contributed by atoms with Crippen LogP contribution in [0.15, 0.2) is 22.7 Å². The van der Waals surface area contributed by atoms with Crippen molar-refractivity contribution < 1.29 is 17.9 Å². The van der Waals surface area contributed by atoms with Crippen molar-refractivity contribution in [3.63, 3.8) is 0 Å². The van der Waals surface area contributed by atoms with E-state index < -0.39 is 9.84 Å². The van der Waals surface area contributed by atoms with Crippen LogP contribution in [-0.4, -0.2) is 63.5 Å². The van der Waals surface area contributed by atoms with Crippen molar-refractivity contribution in [3.05, 3.63) is 27.7 Å². The molecule has 9 heteroatoms. The number of rotatable bonds is 6. The molecule has 0 bridgehead atoms. The molecular formula is C14H18BrClN2O4S. The molecule has 1 aliphatic heterocycles. The van der Waals surface area contributed by atoms with Crippen molar-refractivity contribution in [1.82, 2.24) is 10.2 Å². The molecule has 0 aromatic heterocycles.